The fourth-order valence-corrected chi connectivity index (χ4v) is 10.2. The zero-order chi connectivity index (χ0) is 39.9. The number of aromatic nitrogens is 4. The maximum atomic E-state index is 6.70. The number of para-hydroxylation sites is 2. The summed E-state index contributed by atoms with van der Waals surface area (Å²) in [4.78, 5) is 4.86. The van der Waals surface area contributed by atoms with Crippen molar-refractivity contribution < 1.29 is 30.4 Å². The Morgan fingerprint density at radius 2 is 1.25 bits per heavy atom. The van der Waals surface area contributed by atoms with Gasteiger partial charge < -0.3 is 18.4 Å². The van der Waals surface area contributed by atoms with Crippen molar-refractivity contribution in [2.45, 2.75) is 26.2 Å². The number of hydrogen-bond acceptors (Lipinski definition) is 2. The number of hydrogen-bond donors (Lipinski definition) is 0. The Hall–Kier alpha value is -6.75. The maximum absolute atomic E-state index is 6.70. The number of ether oxygens (including phenoxy) is 1. The Kier molecular flexibility index (Phi) is 7.77. The molecule has 0 saturated carbocycles. The third kappa shape index (κ3) is 5.12. The molecule has 7 aromatic carbocycles. The van der Waals surface area contributed by atoms with Crippen LogP contribution >= 0.6 is 0 Å². The van der Waals surface area contributed by atoms with Crippen LogP contribution < -0.4 is 25.8 Å². The molecule has 0 saturated heterocycles. The van der Waals surface area contributed by atoms with Crippen LogP contribution in [0.15, 0.2) is 158 Å². The van der Waals surface area contributed by atoms with Gasteiger partial charge in [0.1, 0.15) is 5.82 Å². The molecule has 3 aromatic heterocycles. The fourth-order valence-electron chi connectivity index (χ4n) is 10.2. The summed E-state index contributed by atoms with van der Waals surface area (Å²) in [6.07, 6.45) is 5.78. The fraction of sp³-hybridized carbons (Fsp3) is 0.0741. The van der Waals surface area contributed by atoms with Gasteiger partial charge in [0.15, 0.2) is 0 Å². The summed E-state index contributed by atoms with van der Waals surface area (Å²) in [6, 6.07) is 61.5. The molecule has 0 aliphatic carbocycles. The van der Waals surface area contributed by atoms with Crippen molar-refractivity contribution in [2.75, 3.05) is 0 Å². The number of imidazole rings is 1. The molecule has 292 valence electrons. The number of rotatable bonds is 4. The monoisotopic (exact) mass is 961 g/mol. The normalized spacial score (nSPS) is 12.7. The quantitative estimate of drug-likeness (QED) is 0.100. The van der Waals surface area contributed by atoms with E-state index < -0.39 is 0 Å². The van der Waals surface area contributed by atoms with E-state index in [-0.39, 0.29) is 33.2 Å². The second-order valence-corrected chi connectivity index (χ2v) is 17.1. The Labute approximate surface area is 368 Å². The average Bonchev–Trinajstić information content (AvgIpc) is 4.02. The van der Waals surface area contributed by atoms with E-state index >= 15 is 0 Å². The third-order valence-electron chi connectivity index (χ3n) is 12.8. The topological polar surface area (TPSA) is 35.9 Å². The summed E-state index contributed by atoms with van der Waals surface area (Å²) < 4.78 is 13.4. The minimum absolute atomic E-state index is 0. The van der Waals surface area contributed by atoms with Crippen LogP contribution in [-0.4, -0.2) is 20.8 Å². The van der Waals surface area contributed by atoms with Gasteiger partial charge in [-0.1, -0.05) is 134 Å². The van der Waals surface area contributed by atoms with Crippen molar-refractivity contribution >= 4 is 45.0 Å². The molecule has 0 amide bonds. The Morgan fingerprint density at radius 3 is 2.05 bits per heavy atom. The summed E-state index contributed by atoms with van der Waals surface area (Å²) in [5.41, 5.74) is 19.0. The van der Waals surface area contributed by atoms with Crippen molar-refractivity contribution in [1.82, 2.24) is 14.1 Å². The zero-order valence-corrected chi connectivity index (χ0v) is 35.9. The second-order valence-electron chi connectivity index (χ2n) is 17.1. The molecular formula is C54H35BN4OPt-2. The standard InChI is InChI=1S/C54H35BN4O.Pt/c1-54(2,3)33-27-28-56-49(29-33)59-47-24-9-7-18-40(47)41-26-25-36(31-48(41)59)60-35-14-10-13-34(30-35)57-32-58-46-23-8-6-17-39(46)37-15-4-5-16-38(37)42-19-11-20-43-44-21-12-22-45-51(44)55(50(42)43)53(58)52(45)57;/h4-29H,1-3H3;/q-2;. The van der Waals surface area contributed by atoms with Crippen LogP contribution in [0, 0.1) is 18.5 Å². The summed E-state index contributed by atoms with van der Waals surface area (Å²) in [5, 5.41) is 2.24. The van der Waals surface area contributed by atoms with Crippen molar-refractivity contribution in [3.05, 3.63) is 182 Å². The van der Waals surface area contributed by atoms with Crippen molar-refractivity contribution in [3.63, 3.8) is 0 Å². The molecular weight excluding hydrogens is 927 g/mol. The van der Waals surface area contributed by atoms with E-state index in [4.69, 9.17) is 9.72 Å². The number of pyridine rings is 1. The van der Waals surface area contributed by atoms with E-state index in [9.17, 15) is 0 Å². The van der Waals surface area contributed by atoms with Gasteiger partial charge in [0.25, 0.3) is 6.33 Å². The van der Waals surface area contributed by atoms with Gasteiger partial charge in [-0.25, -0.2) is 4.98 Å². The molecule has 0 spiro atoms. The van der Waals surface area contributed by atoms with Crippen LogP contribution in [0.3, 0.4) is 0 Å². The molecule has 0 unspecified atom stereocenters. The van der Waals surface area contributed by atoms with Gasteiger partial charge in [-0.15, -0.1) is 29.7 Å². The van der Waals surface area contributed by atoms with Gasteiger partial charge >= 0.3 is 0 Å². The Morgan fingerprint density at radius 1 is 0.607 bits per heavy atom. The molecule has 10 aromatic rings. The van der Waals surface area contributed by atoms with Crippen LogP contribution in [0.1, 0.15) is 26.3 Å². The van der Waals surface area contributed by atoms with Gasteiger partial charge in [0.2, 0.25) is 6.71 Å². The first kappa shape index (κ1) is 36.1. The maximum Gasteiger partial charge on any atom is 0.267 e. The summed E-state index contributed by atoms with van der Waals surface area (Å²) in [5.74, 6) is 2.06. The summed E-state index contributed by atoms with van der Waals surface area (Å²) >= 11 is 0. The van der Waals surface area contributed by atoms with Crippen LogP contribution in [0.25, 0.3) is 83.6 Å². The van der Waals surface area contributed by atoms with Gasteiger partial charge in [-0.05, 0) is 85.3 Å². The van der Waals surface area contributed by atoms with Crippen LogP contribution in [0.4, 0.5) is 0 Å². The molecule has 0 bridgehead atoms. The minimum Gasteiger partial charge on any atom is -0.510 e. The molecule has 0 fully saturated rings. The average molecular weight is 962 g/mol. The van der Waals surface area contributed by atoms with Crippen molar-refractivity contribution in [3.8, 4) is 73.3 Å². The number of fused-ring (bicyclic) bond motifs is 10. The van der Waals surface area contributed by atoms with Crippen LogP contribution in [-0.2, 0) is 26.5 Å². The van der Waals surface area contributed by atoms with Crippen molar-refractivity contribution in [2.24, 2.45) is 0 Å². The first-order chi connectivity index (χ1) is 29.4. The number of nitrogens with zero attached hydrogens (tertiary/aromatic N) is 4. The van der Waals surface area contributed by atoms with E-state index in [1.165, 1.54) is 61.0 Å². The predicted octanol–water partition coefficient (Wildman–Crippen LogP) is 9.86. The first-order valence-electron chi connectivity index (χ1n) is 20.6. The zero-order valence-electron chi connectivity index (χ0n) is 33.6. The van der Waals surface area contributed by atoms with E-state index in [1.807, 2.05) is 24.4 Å². The van der Waals surface area contributed by atoms with Crippen molar-refractivity contribution in [1.29, 1.82) is 0 Å². The first-order valence-corrected chi connectivity index (χ1v) is 20.6. The van der Waals surface area contributed by atoms with Gasteiger partial charge in [-0.2, -0.15) is 18.2 Å². The Bertz CT molecular complexity index is 3480. The van der Waals surface area contributed by atoms with Gasteiger partial charge in [0, 0.05) is 49.9 Å². The molecule has 0 radical (unpaired) electrons. The largest absolute Gasteiger partial charge is 0.510 e. The molecule has 6 heterocycles. The second kappa shape index (κ2) is 13.1. The molecule has 3 aliphatic heterocycles. The summed E-state index contributed by atoms with van der Waals surface area (Å²) in [6.45, 7) is 6.75. The molecule has 0 N–H and O–H groups in total. The van der Waals surface area contributed by atoms with Crippen LogP contribution in [0.2, 0.25) is 0 Å². The van der Waals surface area contributed by atoms with Crippen LogP contribution in [0.5, 0.6) is 11.5 Å². The third-order valence-corrected chi connectivity index (χ3v) is 12.8. The van der Waals surface area contributed by atoms with E-state index in [1.54, 1.807) is 0 Å². The SMILES string of the molecule is CC(C)(C)c1ccnc(-n2c3[c-]c(Oc4[c-]c(-n5[c-][n+]6c7c5-c5cccc8c5B7c5c(cccc5-8)-c5ccccc5-c5ccccc5-6)ccc4)ccc3c3ccccc32)c1.[Pt]. The van der Waals surface area contributed by atoms with E-state index in [2.05, 4.69) is 186 Å². The minimum atomic E-state index is -0.0220. The predicted molar refractivity (Wildman–Crippen MR) is 241 cm³/mol. The van der Waals surface area contributed by atoms with Gasteiger partial charge in [0.05, 0.1) is 11.4 Å². The van der Waals surface area contributed by atoms with E-state index in [0.29, 0.717) is 11.5 Å². The molecule has 5 nitrogen and oxygen atoms in total. The molecule has 61 heavy (non-hydrogen) atoms. The smallest absolute Gasteiger partial charge is 0.267 e. The molecule has 3 aliphatic rings. The van der Waals surface area contributed by atoms with Gasteiger partial charge in [-0.3, -0.25) is 0 Å². The molecule has 0 atom stereocenters. The Balaban J connectivity index is 0.00000399. The van der Waals surface area contributed by atoms with E-state index in [0.717, 1.165) is 44.7 Å². The molecule has 7 heteroatoms. The molecule has 13 rings (SSSR count). The number of benzene rings is 7. The summed E-state index contributed by atoms with van der Waals surface area (Å²) in [7, 11) is 0.